The number of nitrogens with one attached hydrogen (secondary N) is 1. The lowest BCUT2D eigenvalue weighted by atomic mass is 9.87. The molecule has 0 spiro atoms. The molecule has 1 aliphatic carbocycles. The Balaban J connectivity index is 1.88. The van der Waals surface area contributed by atoms with E-state index in [4.69, 9.17) is 0 Å². The number of amides is 1. The smallest absolute Gasteiger partial charge is 0.225 e. The number of carbonyl (C=O) groups is 1. The van der Waals surface area contributed by atoms with Gasteiger partial charge in [-0.25, -0.2) is 4.68 Å². The molecule has 1 saturated carbocycles. The van der Waals surface area contributed by atoms with Gasteiger partial charge in [-0.3, -0.25) is 4.79 Å². The average molecular weight is 249 g/mol. The second-order valence-corrected chi connectivity index (χ2v) is 5.51. The van der Waals surface area contributed by atoms with E-state index in [1.807, 2.05) is 10.7 Å². The molecule has 1 N–H and O–H groups in total. The molecule has 18 heavy (non-hydrogen) atoms. The van der Waals surface area contributed by atoms with E-state index in [1.165, 1.54) is 32.1 Å². The summed E-state index contributed by atoms with van der Waals surface area (Å²) in [6.07, 6.45) is 8.69. The molecular formula is C14H23N3O. The van der Waals surface area contributed by atoms with Gasteiger partial charge >= 0.3 is 0 Å². The van der Waals surface area contributed by atoms with E-state index >= 15 is 0 Å². The fourth-order valence-electron chi connectivity index (χ4n) is 2.67. The minimum atomic E-state index is 0.129. The molecule has 0 bridgehead atoms. The topological polar surface area (TPSA) is 46.9 Å². The lowest BCUT2D eigenvalue weighted by molar-refractivity contribution is -0.117. The third-order valence-corrected chi connectivity index (χ3v) is 3.63. The van der Waals surface area contributed by atoms with Gasteiger partial charge in [-0.05, 0) is 32.6 Å². The lowest BCUT2D eigenvalue weighted by Crippen LogP contribution is -2.20. The molecule has 0 saturated heterocycles. The van der Waals surface area contributed by atoms with Crippen LogP contribution < -0.4 is 5.32 Å². The summed E-state index contributed by atoms with van der Waals surface area (Å²) in [5.74, 6) is 1.52. The first-order chi connectivity index (χ1) is 8.66. The highest BCUT2D eigenvalue weighted by atomic mass is 16.1. The number of carbonyl (C=O) groups excluding carboxylic acids is 1. The van der Waals surface area contributed by atoms with Crippen molar-refractivity contribution >= 4 is 11.7 Å². The van der Waals surface area contributed by atoms with Crippen LogP contribution in [0.2, 0.25) is 0 Å². The van der Waals surface area contributed by atoms with E-state index in [9.17, 15) is 4.79 Å². The molecule has 4 nitrogen and oxygen atoms in total. The Bertz CT molecular complexity index is 391. The quantitative estimate of drug-likeness (QED) is 0.889. The van der Waals surface area contributed by atoms with Gasteiger partial charge in [0, 0.05) is 18.5 Å². The van der Waals surface area contributed by atoms with Crippen molar-refractivity contribution in [3.63, 3.8) is 0 Å². The molecule has 1 fully saturated rings. The Hall–Kier alpha value is -1.32. The van der Waals surface area contributed by atoms with E-state index in [2.05, 4.69) is 24.3 Å². The predicted octanol–water partition coefficient (Wildman–Crippen LogP) is 3.37. The molecule has 0 aromatic carbocycles. The largest absolute Gasteiger partial charge is 0.311 e. The fourth-order valence-corrected chi connectivity index (χ4v) is 2.67. The Kier molecular flexibility index (Phi) is 4.39. The third kappa shape index (κ3) is 3.34. The monoisotopic (exact) mass is 249 g/mol. The molecule has 4 heteroatoms. The highest BCUT2D eigenvalue weighted by Gasteiger charge is 2.18. The fraction of sp³-hybridized carbons (Fsp3) is 0.714. The standard InChI is InChI=1S/C14H23N3O/c1-11(2)17-13(8-9-15-17)16-14(18)10-12-6-4-3-5-7-12/h8-9,11-12H,3-7,10H2,1-2H3,(H,16,18). The van der Waals surface area contributed by atoms with Gasteiger partial charge in [-0.2, -0.15) is 5.10 Å². The number of hydrogen-bond donors (Lipinski definition) is 1. The average Bonchev–Trinajstić information content (AvgIpc) is 2.78. The molecular weight excluding hydrogens is 226 g/mol. The molecule has 1 aromatic heterocycles. The molecule has 0 atom stereocenters. The SMILES string of the molecule is CC(C)n1nccc1NC(=O)CC1CCCCC1. The third-order valence-electron chi connectivity index (χ3n) is 3.63. The Labute approximate surface area is 109 Å². The second kappa shape index (κ2) is 6.03. The van der Waals surface area contributed by atoms with Crippen LogP contribution in [0.15, 0.2) is 12.3 Å². The van der Waals surface area contributed by atoms with Crippen LogP contribution in [-0.2, 0) is 4.79 Å². The maximum Gasteiger partial charge on any atom is 0.225 e. The maximum absolute atomic E-state index is 12.0. The molecule has 1 aliphatic rings. The van der Waals surface area contributed by atoms with Gasteiger partial charge in [0.15, 0.2) is 0 Å². The number of nitrogens with zero attached hydrogens (tertiary/aromatic N) is 2. The molecule has 0 aliphatic heterocycles. The van der Waals surface area contributed by atoms with Crippen LogP contribution in [0.1, 0.15) is 58.4 Å². The Morgan fingerprint density at radius 2 is 2.17 bits per heavy atom. The summed E-state index contributed by atoms with van der Waals surface area (Å²) in [6, 6.07) is 2.13. The first-order valence-corrected chi connectivity index (χ1v) is 7.00. The van der Waals surface area contributed by atoms with Crippen LogP contribution in [0.3, 0.4) is 0 Å². The maximum atomic E-state index is 12.0. The summed E-state index contributed by atoms with van der Waals surface area (Å²) >= 11 is 0. The molecule has 0 radical (unpaired) electrons. The summed E-state index contributed by atoms with van der Waals surface area (Å²) in [6.45, 7) is 4.12. The van der Waals surface area contributed by atoms with Gasteiger partial charge in [-0.15, -0.1) is 0 Å². The molecule has 1 amide bonds. The molecule has 100 valence electrons. The number of anilines is 1. The zero-order valence-electron chi connectivity index (χ0n) is 11.4. The molecule has 1 aromatic rings. The minimum absolute atomic E-state index is 0.129. The van der Waals surface area contributed by atoms with Crippen molar-refractivity contribution in [1.29, 1.82) is 0 Å². The molecule has 2 rings (SSSR count). The van der Waals surface area contributed by atoms with Crippen LogP contribution in [0.25, 0.3) is 0 Å². The van der Waals surface area contributed by atoms with Crippen molar-refractivity contribution < 1.29 is 4.79 Å². The van der Waals surface area contributed by atoms with Gasteiger partial charge in [0.2, 0.25) is 5.91 Å². The van der Waals surface area contributed by atoms with Gasteiger partial charge < -0.3 is 5.32 Å². The van der Waals surface area contributed by atoms with Crippen molar-refractivity contribution in [2.45, 2.75) is 58.4 Å². The van der Waals surface area contributed by atoms with Crippen LogP contribution >= 0.6 is 0 Å². The number of rotatable bonds is 4. The summed E-state index contributed by atoms with van der Waals surface area (Å²) in [5, 5.41) is 7.20. The van der Waals surface area contributed by atoms with Crippen molar-refractivity contribution in [2.75, 3.05) is 5.32 Å². The summed E-state index contributed by atoms with van der Waals surface area (Å²) in [4.78, 5) is 12.0. The van der Waals surface area contributed by atoms with Gasteiger partial charge in [0.1, 0.15) is 5.82 Å². The van der Waals surface area contributed by atoms with Crippen LogP contribution in [-0.4, -0.2) is 15.7 Å². The lowest BCUT2D eigenvalue weighted by Gasteiger charge is -2.21. The van der Waals surface area contributed by atoms with Crippen molar-refractivity contribution in [2.24, 2.45) is 5.92 Å². The van der Waals surface area contributed by atoms with Crippen molar-refractivity contribution in [1.82, 2.24) is 9.78 Å². The summed E-state index contributed by atoms with van der Waals surface area (Å²) < 4.78 is 1.85. The van der Waals surface area contributed by atoms with Gasteiger partial charge in [0.25, 0.3) is 0 Å². The zero-order chi connectivity index (χ0) is 13.0. The molecule has 0 unspecified atom stereocenters. The number of aromatic nitrogens is 2. The first-order valence-electron chi connectivity index (χ1n) is 7.00. The van der Waals surface area contributed by atoms with Crippen molar-refractivity contribution in [3.8, 4) is 0 Å². The molecule has 1 heterocycles. The van der Waals surface area contributed by atoms with E-state index in [-0.39, 0.29) is 11.9 Å². The zero-order valence-corrected chi connectivity index (χ0v) is 11.4. The van der Waals surface area contributed by atoms with E-state index < -0.39 is 0 Å². The van der Waals surface area contributed by atoms with Crippen LogP contribution in [0, 0.1) is 5.92 Å². The second-order valence-electron chi connectivity index (χ2n) is 5.51. The van der Waals surface area contributed by atoms with Gasteiger partial charge in [-0.1, -0.05) is 19.3 Å². The Morgan fingerprint density at radius 3 is 2.83 bits per heavy atom. The van der Waals surface area contributed by atoms with E-state index in [0.717, 1.165) is 5.82 Å². The summed E-state index contributed by atoms with van der Waals surface area (Å²) in [7, 11) is 0. The van der Waals surface area contributed by atoms with Crippen molar-refractivity contribution in [3.05, 3.63) is 12.3 Å². The summed E-state index contributed by atoms with van der Waals surface area (Å²) in [5.41, 5.74) is 0. The normalized spacial score (nSPS) is 17.1. The first kappa shape index (κ1) is 13.1. The van der Waals surface area contributed by atoms with Crippen LogP contribution in [0.4, 0.5) is 5.82 Å². The van der Waals surface area contributed by atoms with Gasteiger partial charge in [0.05, 0.1) is 6.20 Å². The van der Waals surface area contributed by atoms with Crippen LogP contribution in [0.5, 0.6) is 0 Å². The Morgan fingerprint density at radius 1 is 1.44 bits per heavy atom. The predicted molar refractivity (Wildman–Crippen MR) is 72.4 cm³/mol. The van der Waals surface area contributed by atoms with E-state index in [1.54, 1.807) is 6.20 Å². The van der Waals surface area contributed by atoms with E-state index in [0.29, 0.717) is 12.3 Å². The highest BCUT2D eigenvalue weighted by molar-refractivity contribution is 5.89. The minimum Gasteiger partial charge on any atom is -0.311 e. The number of hydrogen-bond acceptors (Lipinski definition) is 2. The highest BCUT2D eigenvalue weighted by Crippen LogP contribution is 2.26.